The van der Waals surface area contributed by atoms with Crippen LogP contribution in [0.2, 0.25) is 0 Å². The summed E-state index contributed by atoms with van der Waals surface area (Å²) in [4.78, 5) is 12.4. The third-order valence-corrected chi connectivity index (χ3v) is 2.47. The molecule has 0 radical (unpaired) electrons. The lowest BCUT2D eigenvalue weighted by Crippen LogP contribution is -2.32. The molecule has 0 aliphatic carbocycles. The van der Waals surface area contributed by atoms with Gasteiger partial charge >= 0.3 is 5.97 Å². The number of ether oxygens (including phenoxy) is 1. The fourth-order valence-electron chi connectivity index (χ4n) is 1.50. The minimum absolute atomic E-state index is 0.0746. The van der Waals surface area contributed by atoms with Crippen LogP contribution >= 0.6 is 0 Å². The molecule has 4 nitrogen and oxygen atoms in total. The van der Waals surface area contributed by atoms with E-state index in [2.05, 4.69) is 0 Å². The van der Waals surface area contributed by atoms with Gasteiger partial charge in [-0.15, -0.1) is 0 Å². The molecule has 0 unspecified atom stereocenters. The van der Waals surface area contributed by atoms with Crippen LogP contribution in [0.25, 0.3) is 0 Å². The van der Waals surface area contributed by atoms with Crippen molar-refractivity contribution >= 4 is 5.97 Å². The van der Waals surface area contributed by atoms with Crippen molar-refractivity contribution in [2.45, 2.75) is 13.5 Å². The van der Waals surface area contributed by atoms with Crippen molar-refractivity contribution in [3.8, 4) is 0 Å². The average Bonchev–Trinajstić information content (AvgIpc) is 2.34. The summed E-state index contributed by atoms with van der Waals surface area (Å²) in [5, 5.41) is 8.67. The van der Waals surface area contributed by atoms with E-state index in [4.69, 9.17) is 9.84 Å². The molecule has 0 aromatic heterocycles. The van der Waals surface area contributed by atoms with E-state index in [9.17, 15) is 4.79 Å². The summed E-state index contributed by atoms with van der Waals surface area (Å²) >= 11 is 0. The number of nitrogens with zero attached hydrogens (tertiary/aromatic N) is 1. The summed E-state index contributed by atoms with van der Waals surface area (Å²) in [5.74, 6) is -0.796. The highest BCUT2D eigenvalue weighted by molar-refractivity contribution is 5.69. The second-order valence-electron chi connectivity index (χ2n) is 3.80. The van der Waals surface area contributed by atoms with Crippen LogP contribution in [0.5, 0.6) is 0 Å². The van der Waals surface area contributed by atoms with Crippen molar-refractivity contribution in [3.63, 3.8) is 0 Å². The Morgan fingerprint density at radius 2 is 2.06 bits per heavy atom. The third kappa shape index (κ3) is 6.04. The highest BCUT2D eigenvalue weighted by Crippen LogP contribution is 2.00. The molecule has 0 aliphatic heterocycles. The Kier molecular flexibility index (Phi) is 6.29. The van der Waals surface area contributed by atoms with Crippen LogP contribution in [0, 0.1) is 0 Å². The van der Waals surface area contributed by atoms with Crippen molar-refractivity contribution in [1.29, 1.82) is 0 Å². The molecule has 0 fully saturated rings. The zero-order valence-corrected chi connectivity index (χ0v) is 10.1. The summed E-state index contributed by atoms with van der Waals surface area (Å²) < 4.78 is 5.50. The summed E-state index contributed by atoms with van der Waals surface area (Å²) in [5.41, 5.74) is 1.13. The van der Waals surface area contributed by atoms with E-state index in [1.165, 1.54) is 0 Å². The minimum atomic E-state index is -0.796. The Balaban J connectivity index is 2.16. The number of carboxylic acid groups (broad SMARTS) is 1. The summed E-state index contributed by atoms with van der Waals surface area (Å²) in [6.07, 6.45) is 0. The highest BCUT2D eigenvalue weighted by atomic mass is 16.5. The minimum Gasteiger partial charge on any atom is -0.480 e. The van der Waals surface area contributed by atoms with E-state index < -0.39 is 5.97 Å². The normalized spacial score (nSPS) is 10.7. The molecule has 0 saturated carbocycles. The molecule has 1 rings (SSSR count). The molecular formula is C13H19NO3. The standard InChI is InChI=1S/C13H19NO3/c1-2-14(10-13(15)16)8-9-17-11-12-6-4-3-5-7-12/h3-7H,2,8-11H2,1H3,(H,15,16). The van der Waals surface area contributed by atoms with Crippen LogP contribution in [-0.4, -0.2) is 42.2 Å². The number of hydrogen-bond donors (Lipinski definition) is 1. The third-order valence-electron chi connectivity index (χ3n) is 2.47. The lowest BCUT2D eigenvalue weighted by Gasteiger charge is -2.17. The van der Waals surface area contributed by atoms with E-state index >= 15 is 0 Å². The summed E-state index contributed by atoms with van der Waals surface area (Å²) in [7, 11) is 0. The Morgan fingerprint density at radius 1 is 1.35 bits per heavy atom. The van der Waals surface area contributed by atoms with Crippen molar-refractivity contribution in [3.05, 3.63) is 35.9 Å². The fourth-order valence-corrected chi connectivity index (χ4v) is 1.50. The van der Waals surface area contributed by atoms with Gasteiger partial charge in [-0.3, -0.25) is 9.69 Å². The zero-order chi connectivity index (χ0) is 12.5. The molecule has 0 aliphatic rings. The van der Waals surface area contributed by atoms with Crippen molar-refractivity contribution in [2.24, 2.45) is 0 Å². The van der Waals surface area contributed by atoms with Gasteiger partial charge in [0.15, 0.2) is 0 Å². The highest BCUT2D eigenvalue weighted by Gasteiger charge is 2.06. The van der Waals surface area contributed by atoms with Gasteiger partial charge in [0.25, 0.3) is 0 Å². The van der Waals surface area contributed by atoms with Crippen LogP contribution < -0.4 is 0 Å². The van der Waals surface area contributed by atoms with E-state index in [-0.39, 0.29) is 6.54 Å². The van der Waals surface area contributed by atoms with E-state index in [1.807, 2.05) is 42.2 Å². The maximum atomic E-state index is 10.5. The van der Waals surface area contributed by atoms with E-state index in [0.717, 1.165) is 12.1 Å². The van der Waals surface area contributed by atoms with Crippen LogP contribution in [0.4, 0.5) is 0 Å². The van der Waals surface area contributed by atoms with Crippen molar-refractivity contribution < 1.29 is 14.6 Å². The van der Waals surface area contributed by atoms with Gasteiger partial charge in [0.2, 0.25) is 0 Å². The first-order valence-electron chi connectivity index (χ1n) is 5.78. The first-order chi connectivity index (χ1) is 8.22. The molecule has 0 saturated heterocycles. The number of likely N-dealkylation sites (N-methyl/N-ethyl adjacent to an activating group) is 1. The molecule has 17 heavy (non-hydrogen) atoms. The summed E-state index contributed by atoms with van der Waals surface area (Å²) in [6, 6.07) is 9.93. The lowest BCUT2D eigenvalue weighted by molar-refractivity contribution is -0.138. The maximum absolute atomic E-state index is 10.5. The number of hydrogen-bond acceptors (Lipinski definition) is 3. The van der Waals surface area contributed by atoms with Gasteiger partial charge in [-0.25, -0.2) is 0 Å². The number of aliphatic carboxylic acids is 1. The first kappa shape index (κ1) is 13.7. The van der Waals surface area contributed by atoms with E-state index in [0.29, 0.717) is 19.8 Å². The smallest absolute Gasteiger partial charge is 0.317 e. The largest absolute Gasteiger partial charge is 0.480 e. The maximum Gasteiger partial charge on any atom is 0.317 e. The molecule has 1 N–H and O–H groups in total. The SMILES string of the molecule is CCN(CCOCc1ccccc1)CC(=O)O. The predicted octanol–water partition coefficient (Wildman–Crippen LogP) is 1.61. The van der Waals surface area contributed by atoms with Crippen LogP contribution in [0.1, 0.15) is 12.5 Å². The Labute approximate surface area is 102 Å². The monoisotopic (exact) mass is 237 g/mol. The fraction of sp³-hybridized carbons (Fsp3) is 0.462. The molecule has 0 amide bonds. The number of carbonyl (C=O) groups is 1. The molecule has 0 spiro atoms. The first-order valence-corrected chi connectivity index (χ1v) is 5.78. The molecule has 0 heterocycles. The number of benzene rings is 1. The van der Waals surface area contributed by atoms with Crippen molar-refractivity contribution in [1.82, 2.24) is 4.90 Å². The van der Waals surface area contributed by atoms with E-state index in [1.54, 1.807) is 0 Å². The second-order valence-corrected chi connectivity index (χ2v) is 3.80. The Bertz CT molecular complexity index is 327. The molecule has 1 aromatic carbocycles. The predicted molar refractivity (Wildman–Crippen MR) is 65.8 cm³/mol. The molecular weight excluding hydrogens is 218 g/mol. The molecule has 0 atom stereocenters. The van der Waals surface area contributed by atoms with Gasteiger partial charge in [0.05, 0.1) is 19.8 Å². The number of carboxylic acids is 1. The second kappa shape index (κ2) is 7.81. The van der Waals surface area contributed by atoms with Crippen LogP contribution in [0.15, 0.2) is 30.3 Å². The quantitative estimate of drug-likeness (QED) is 0.698. The van der Waals surface area contributed by atoms with Gasteiger partial charge in [0.1, 0.15) is 0 Å². The van der Waals surface area contributed by atoms with Crippen LogP contribution in [-0.2, 0) is 16.1 Å². The van der Waals surface area contributed by atoms with Crippen molar-refractivity contribution in [2.75, 3.05) is 26.2 Å². The molecule has 1 aromatic rings. The van der Waals surface area contributed by atoms with Crippen LogP contribution in [0.3, 0.4) is 0 Å². The van der Waals surface area contributed by atoms with Gasteiger partial charge < -0.3 is 9.84 Å². The molecule has 4 heteroatoms. The van der Waals surface area contributed by atoms with Gasteiger partial charge in [0, 0.05) is 6.54 Å². The Morgan fingerprint density at radius 3 is 2.65 bits per heavy atom. The Hall–Kier alpha value is -1.39. The summed E-state index contributed by atoms with van der Waals surface area (Å²) in [6.45, 7) is 4.52. The van der Waals surface area contributed by atoms with Gasteiger partial charge in [-0.05, 0) is 12.1 Å². The lowest BCUT2D eigenvalue weighted by atomic mass is 10.2. The molecule has 0 bridgehead atoms. The van der Waals surface area contributed by atoms with Gasteiger partial charge in [-0.2, -0.15) is 0 Å². The number of rotatable bonds is 8. The van der Waals surface area contributed by atoms with Gasteiger partial charge in [-0.1, -0.05) is 37.3 Å². The zero-order valence-electron chi connectivity index (χ0n) is 10.1. The topological polar surface area (TPSA) is 49.8 Å². The average molecular weight is 237 g/mol. The molecule has 94 valence electrons.